The molecule has 0 heterocycles. The number of nitrogens with one attached hydrogen (secondary N) is 2. The highest BCUT2D eigenvalue weighted by atomic mass is 16.5. The van der Waals surface area contributed by atoms with Crippen LogP contribution in [0.25, 0.3) is 0 Å². The second-order valence-electron chi connectivity index (χ2n) is 10.7. The van der Waals surface area contributed by atoms with E-state index in [1.807, 2.05) is 140 Å². The van der Waals surface area contributed by atoms with Gasteiger partial charge in [-0.05, 0) is 46.4 Å². The molecule has 6 heteroatoms. The van der Waals surface area contributed by atoms with Gasteiger partial charge in [-0.3, -0.25) is 9.59 Å². The molecule has 0 aliphatic heterocycles. The zero-order valence-electron chi connectivity index (χ0n) is 25.6. The molecule has 0 spiro atoms. The van der Waals surface area contributed by atoms with Crippen molar-refractivity contribution in [3.05, 3.63) is 167 Å². The molecule has 2 N–H and O–H groups in total. The maximum absolute atomic E-state index is 14.3. The van der Waals surface area contributed by atoms with Crippen molar-refractivity contribution in [2.45, 2.75) is 31.3 Å². The van der Waals surface area contributed by atoms with E-state index in [1.54, 1.807) is 13.2 Å². The summed E-state index contributed by atoms with van der Waals surface area (Å²) in [6.45, 7) is 2.53. The Morgan fingerprint density at radius 3 is 1.31 bits per heavy atom. The lowest BCUT2D eigenvalue weighted by molar-refractivity contribution is -0.125. The molecule has 0 fully saturated rings. The molecule has 2 amide bonds. The van der Waals surface area contributed by atoms with Gasteiger partial charge in [-0.25, -0.2) is 0 Å². The number of hydrogen-bond donors (Lipinski definition) is 2. The molecular weight excluding hydrogens is 560 g/mol. The summed E-state index contributed by atoms with van der Waals surface area (Å²) in [4.78, 5) is 28.6. The standard InChI is InChI=1S/C39H38N2O4/c1-3-26-45-34-27-32(24-25-33(34)44-2)37(40-38(42)35(28-16-8-4-9-17-28)29-18-10-5-11-19-29)41-39(43)36(30-20-12-6-13-21-30)31-22-14-7-15-23-31/h4-25,27,35-37H,3,26H2,1-2H3,(H,40,42)(H,41,43). The van der Waals surface area contributed by atoms with Crippen LogP contribution >= 0.6 is 0 Å². The quantitative estimate of drug-likeness (QED) is 0.139. The van der Waals surface area contributed by atoms with Crippen molar-refractivity contribution in [2.24, 2.45) is 0 Å². The zero-order valence-corrected chi connectivity index (χ0v) is 25.6. The molecule has 0 unspecified atom stereocenters. The van der Waals surface area contributed by atoms with E-state index < -0.39 is 18.0 Å². The minimum Gasteiger partial charge on any atom is -0.493 e. The number of methoxy groups -OCH3 is 1. The first kappa shape index (κ1) is 31.1. The maximum Gasteiger partial charge on any atom is 0.233 e. The maximum atomic E-state index is 14.3. The Balaban J connectivity index is 1.55. The number of ether oxygens (including phenoxy) is 2. The predicted octanol–water partition coefficient (Wildman–Crippen LogP) is 7.38. The van der Waals surface area contributed by atoms with Crippen LogP contribution in [0.3, 0.4) is 0 Å². The summed E-state index contributed by atoms with van der Waals surface area (Å²) in [6, 6.07) is 44.0. The van der Waals surface area contributed by atoms with Crippen molar-refractivity contribution in [1.29, 1.82) is 0 Å². The van der Waals surface area contributed by atoms with Crippen LogP contribution in [0.2, 0.25) is 0 Å². The van der Waals surface area contributed by atoms with Gasteiger partial charge in [0.1, 0.15) is 6.17 Å². The minimum absolute atomic E-state index is 0.250. The molecule has 0 aromatic heterocycles. The lowest BCUT2D eigenvalue weighted by Crippen LogP contribution is -2.44. The van der Waals surface area contributed by atoms with Crippen molar-refractivity contribution < 1.29 is 19.1 Å². The average molecular weight is 599 g/mol. The van der Waals surface area contributed by atoms with Gasteiger partial charge >= 0.3 is 0 Å². The van der Waals surface area contributed by atoms with Gasteiger partial charge in [0.15, 0.2) is 11.5 Å². The molecule has 5 aromatic rings. The van der Waals surface area contributed by atoms with Crippen LogP contribution in [-0.2, 0) is 9.59 Å². The molecule has 6 nitrogen and oxygen atoms in total. The molecule has 0 saturated heterocycles. The fourth-order valence-electron chi connectivity index (χ4n) is 5.42. The highest BCUT2D eigenvalue weighted by molar-refractivity contribution is 5.90. The smallest absolute Gasteiger partial charge is 0.233 e. The Kier molecular flexibility index (Phi) is 10.6. The summed E-state index contributed by atoms with van der Waals surface area (Å²) in [5, 5.41) is 6.35. The largest absolute Gasteiger partial charge is 0.493 e. The van der Waals surface area contributed by atoms with Crippen molar-refractivity contribution in [3.63, 3.8) is 0 Å². The SMILES string of the molecule is CCCOc1cc(C(NC(=O)C(c2ccccc2)c2ccccc2)NC(=O)C(c2ccccc2)c2ccccc2)ccc1OC. The number of benzene rings is 5. The van der Waals surface area contributed by atoms with Gasteiger partial charge in [0, 0.05) is 0 Å². The van der Waals surface area contributed by atoms with Crippen LogP contribution in [0, 0.1) is 0 Å². The highest BCUT2D eigenvalue weighted by Crippen LogP contribution is 2.32. The third-order valence-electron chi connectivity index (χ3n) is 7.61. The summed E-state index contributed by atoms with van der Waals surface area (Å²) >= 11 is 0. The summed E-state index contributed by atoms with van der Waals surface area (Å²) in [5.41, 5.74) is 4.04. The highest BCUT2D eigenvalue weighted by Gasteiger charge is 2.30. The number of hydrogen-bond acceptors (Lipinski definition) is 4. The Bertz CT molecular complexity index is 1490. The van der Waals surface area contributed by atoms with Crippen molar-refractivity contribution >= 4 is 11.8 Å². The van der Waals surface area contributed by atoms with Crippen molar-refractivity contribution in [3.8, 4) is 11.5 Å². The van der Waals surface area contributed by atoms with E-state index in [-0.39, 0.29) is 11.8 Å². The zero-order chi connectivity index (χ0) is 31.4. The fourth-order valence-corrected chi connectivity index (χ4v) is 5.42. The Morgan fingerprint density at radius 1 is 0.556 bits per heavy atom. The molecular formula is C39H38N2O4. The van der Waals surface area contributed by atoms with Crippen LogP contribution in [0.4, 0.5) is 0 Å². The van der Waals surface area contributed by atoms with E-state index in [0.29, 0.717) is 23.7 Å². The van der Waals surface area contributed by atoms with Gasteiger partial charge in [0.25, 0.3) is 0 Å². The monoisotopic (exact) mass is 598 g/mol. The van der Waals surface area contributed by atoms with Crippen LogP contribution in [0.15, 0.2) is 140 Å². The average Bonchev–Trinajstić information content (AvgIpc) is 3.09. The van der Waals surface area contributed by atoms with Gasteiger partial charge in [-0.15, -0.1) is 0 Å². The first-order valence-corrected chi connectivity index (χ1v) is 15.2. The topological polar surface area (TPSA) is 76.7 Å². The molecule has 228 valence electrons. The summed E-state index contributed by atoms with van der Waals surface area (Å²) < 4.78 is 11.5. The Morgan fingerprint density at radius 2 is 0.956 bits per heavy atom. The van der Waals surface area contributed by atoms with E-state index >= 15 is 0 Å². The first-order chi connectivity index (χ1) is 22.1. The third kappa shape index (κ3) is 7.78. The Hall–Kier alpha value is -5.36. The predicted molar refractivity (Wildman–Crippen MR) is 177 cm³/mol. The second kappa shape index (κ2) is 15.4. The fraction of sp³-hybridized carbons (Fsp3) is 0.179. The van der Waals surface area contributed by atoms with Crippen LogP contribution in [0.5, 0.6) is 11.5 Å². The van der Waals surface area contributed by atoms with E-state index in [0.717, 1.165) is 28.7 Å². The van der Waals surface area contributed by atoms with E-state index in [1.165, 1.54) is 0 Å². The molecule has 0 bridgehead atoms. The van der Waals surface area contributed by atoms with Crippen LogP contribution in [-0.4, -0.2) is 25.5 Å². The normalized spacial score (nSPS) is 11.0. The van der Waals surface area contributed by atoms with Gasteiger partial charge in [-0.2, -0.15) is 0 Å². The lowest BCUT2D eigenvalue weighted by atomic mass is 9.89. The minimum atomic E-state index is -0.871. The third-order valence-corrected chi connectivity index (χ3v) is 7.61. The summed E-state index contributed by atoms with van der Waals surface area (Å²) in [7, 11) is 1.59. The van der Waals surface area contributed by atoms with Crippen LogP contribution < -0.4 is 20.1 Å². The summed E-state index contributed by atoms with van der Waals surface area (Å²) in [5.74, 6) is -0.585. The molecule has 5 aromatic carbocycles. The van der Waals surface area contributed by atoms with E-state index in [9.17, 15) is 9.59 Å². The number of carbonyl (C=O) groups is 2. The second-order valence-corrected chi connectivity index (χ2v) is 10.7. The summed E-state index contributed by atoms with van der Waals surface area (Å²) in [6.07, 6.45) is -0.0552. The molecule has 0 atom stereocenters. The number of amides is 2. The molecule has 5 rings (SSSR count). The van der Waals surface area contributed by atoms with Crippen molar-refractivity contribution in [1.82, 2.24) is 10.6 Å². The molecule has 0 radical (unpaired) electrons. The lowest BCUT2D eigenvalue weighted by Gasteiger charge is -2.27. The number of rotatable bonds is 13. The number of carbonyl (C=O) groups excluding carboxylic acids is 2. The van der Waals surface area contributed by atoms with Gasteiger partial charge in [0.05, 0.1) is 25.6 Å². The van der Waals surface area contributed by atoms with Crippen LogP contribution in [0.1, 0.15) is 59.2 Å². The first-order valence-electron chi connectivity index (χ1n) is 15.2. The van der Waals surface area contributed by atoms with Gasteiger partial charge in [-0.1, -0.05) is 134 Å². The van der Waals surface area contributed by atoms with Crippen molar-refractivity contribution in [2.75, 3.05) is 13.7 Å². The van der Waals surface area contributed by atoms with Gasteiger partial charge in [0.2, 0.25) is 11.8 Å². The molecule has 0 saturated carbocycles. The van der Waals surface area contributed by atoms with Gasteiger partial charge < -0.3 is 20.1 Å². The van der Waals surface area contributed by atoms with E-state index in [4.69, 9.17) is 9.47 Å². The Labute approximate surface area is 265 Å². The molecule has 0 aliphatic carbocycles. The molecule has 45 heavy (non-hydrogen) atoms. The van der Waals surface area contributed by atoms with E-state index in [2.05, 4.69) is 10.6 Å². The molecule has 0 aliphatic rings.